The molecule has 5 rings (SSSR count). The predicted molar refractivity (Wildman–Crippen MR) is 165 cm³/mol. The zero-order valence-electron chi connectivity index (χ0n) is 25.0. The highest BCUT2D eigenvalue weighted by atomic mass is 16.5. The molecule has 2 aliphatic heterocycles. The van der Waals surface area contributed by atoms with Crippen molar-refractivity contribution in [3.8, 4) is 17.2 Å². The van der Waals surface area contributed by atoms with Gasteiger partial charge in [-0.1, -0.05) is 43.7 Å². The number of Topliss-reactive ketones (excluding diaryl/α,β-unsaturated/α-hetero) is 1. The van der Waals surface area contributed by atoms with Crippen LogP contribution in [0.25, 0.3) is 5.76 Å². The van der Waals surface area contributed by atoms with Crippen molar-refractivity contribution in [2.24, 2.45) is 0 Å². The van der Waals surface area contributed by atoms with E-state index in [0.717, 1.165) is 43.8 Å². The van der Waals surface area contributed by atoms with Crippen LogP contribution in [0, 0.1) is 6.92 Å². The second-order valence-electron chi connectivity index (χ2n) is 11.0. The van der Waals surface area contributed by atoms with Gasteiger partial charge in [-0.05, 0) is 73.4 Å². The minimum atomic E-state index is -0.759. The van der Waals surface area contributed by atoms with E-state index in [1.807, 2.05) is 67.6 Å². The standard InChI is InChI=1S/C35H40N2O6/c1-3-4-20-42-30-15-14-27(23-25(30)2)33(38)31-32(26-10-8-13-29(24-26)43-28-11-6-5-7-12-28)37(35(40)34(31)39)17-9-16-36-18-21-41-22-19-36/h5-8,10-15,23-24,32,38H,3-4,9,16-22H2,1-2H3/b33-31-. The van der Waals surface area contributed by atoms with Gasteiger partial charge in [-0.25, -0.2) is 0 Å². The number of ketones is 1. The van der Waals surface area contributed by atoms with E-state index < -0.39 is 17.7 Å². The molecule has 226 valence electrons. The first-order chi connectivity index (χ1) is 21.0. The van der Waals surface area contributed by atoms with Gasteiger partial charge in [-0.15, -0.1) is 0 Å². The number of unbranched alkanes of at least 4 members (excludes halogenated alkanes) is 1. The van der Waals surface area contributed by atoms with Gasteiger partial charge in [0.2, 0.25) is 0 Å². The Morgan fingerprint density at radius 2 is 1.70 bits per heavy atom. The first kappa shape index (κ1) is 30.3. The number of nitrogens with zero attached hydrogens (tertiary/aromatic N) is 2. The summed E-state index contributed by atoms with van der Waals surface area (Å²) >= 11 is 0. The van der Waals surface area contributed by atoms with E-state index in [0.29, 0.717) is 55.4 Å². The highest BCUT2D eigenvalue weighted by Gasteiger charge is 2.46. The maximum atomic E-state index is 13.6. The van der Waals surface area contributed by atoms with Crippen molar-refractivity contribution < 1.29 is 28.9 Å². The number of carbonyl (C=O) groups excluding carboxylic acids is 2. The van der Waals surface area contributed by atoms with Crippen LogP contribution in [0.1, 0.15) is 48.9 Å². The maximum absolute atomic E-state index is 13.6. The minimum absolute atomic E-state index is 0.0762. The van der Waals surface area contributed by atoms with Crippen LogP contribution in [0.3, 0.4) is 0 Å². The summed E-state index contributed by atoms with van der Waals surface area (Å²) in [4.78, 5) is 31.0. The number of carbonyl (C=O) groups is 2. The Bertz CT molecular complexity index is 1450. The fourth-order valence-electron chi connectivity index (χ4n) is 5.56. The number of aliphatic hydroxyl groups excluding tert-OH is 1. The highest BCUT2D eigenvalue weighted by Crippen LogP contribution is 2.41. The molecule has 2 fully saturated rings. The van der Waals surface area contributed by atoms with Gasteiger partial charge in [0.1, 0.15) is 23.0 Å². The van der Waals surface area contributed by atoms with Gasteiger partial charge in [-0.2, -0.15) is 0 Å². The number of benzene rings is 3. The molecule has 0 saturated carbocycles. The smallest absolute Gasteiger partial charge is 0.295 e. The van der Waals surface area contributed by atoms with Crippen LogP contribution < -0.4 is 9.47 Å². The lowest BCUT2D eigenvalue weighted by Crippen LogP contribution is -2.38. The Labute approximate surface area is 253 Å². The van der Waals surface area contributed by atoms with Crippen LogP contribution in [-0.4, -0.2) is 72.6 Å². The van der Waals surface area contributed by atoms with E-state index in [4.69, 9.17) is 14.2 Å². The van der Waals surface area contributed by atoms with Gasteiger partial charge < -0.3 is 24.2 Å². The maximum Gasteiger partial charge on any atom is 0.295 e. The quantitative estimate of drug-likeness (QED) is 0.119. The molecule has 0 aromatic heterocycles. The van der Waals surface area contributed by atoms with E-state index >= 15 is 0 Å². The number of aryl methyl sites for hydroxylation is 1. The average molecular weight is 585 g/mol. The summed E-state index contributed by atoms with van der Waals surface area (Å²) in [6.07, 6.45) is 2.66. The van der Waals surface area contributed by atoms with Gasteiger partial charge >= 0.3 is 0 Å². The number of morpholine rings is 1. The third kappa shape index (κ3) is 7.27. The fraction of sp³-hybridized carbons (Fsp3) is 0.371. The Morgan fingerprint density at radius 1 is 0.930 bits per heavy atom. The minimum Gasteiger partial charge on any atom is -0.507 e. The molecular weight excluding hydrogens is 544 g/mol. The van der Waals surface area contributed by atoms with Crippen LogP contribution in [-0.2, 0) is 14.3 Å². The van der Waals surface area contributed by atoms with Crippen molar-refractivity contribution in [3.63, 3.8) is 0 Å². The highest BCUT2D eigenvalue weighted by molar-refractivity contribution is 6.46. The molecule has 2 saturated heterocycles. The van der Waals surface area contributed by atoms with Crippen molar-refractivity contribution in [2.75, 3.05) is 46.0 Å². The van der Waals surface area contributed by atoms with Gasteiger partial charge in [0, 0.05) is 31.7 Å². The molecule has 0 spiro atoms. The monoisotopic (exact) mass is 584 g/mol. The lowest BCUT2D eigenvalue weighted by atomic mass is 9.94. The van der Waals surface area contributed by atoms with Crippen LogP contribution >= 0.6 is 0 Å². The zero-order valence-corrected chi connectivity index (χ0v) is 25.0. The first-order valence-corrected chi connectivity index (χ1v) is 15.1. The molecule has 1 amide bonds. The molecule has 8 nitrogen and oxygen atoms in total. The topological polar surface area (TPSA) is 88.5 Å². The lowest BCUT2D eigenvalue weighted by molar-refractivity contribution is -0.140. The van der Waals surface area contributed by atoms with Gasteiger partial charge in [0.05, 0.1) is 31.4 Å². The SMILES string of the molecule is CCCCOc1ccc(/C(O)=C2/C(=O)C(=O)N(CCCN3CCOCC3)C2c2cccc(Oc3ccccc3)c2)cc1C. The van der Waals surface area contributed by atoms with Gasteiger partial charge in [-0.3, -0.25) is 14.5 Å². The molecule has 2 heterocycles. The van der Waals surface area contributed by atoms with Crippen LogP contribution in [0.15, 0.2) is 78.4 Å². The second-order valence-corrected chi connectivity index (χ2v) is 11.0. The van der Waals surface area contributed by atoms with Crippen molar-refractivity contribution in [1.29, 1.82) is 0 Å². The number of hydrogen-bond donors (Lipinski definition) is 1. The Kier molecular flexibility index (Phi) is 10.1. The summed E-state index contributed by atoms with van der Waals surface area (Å²) < 4.78 is 17.4. The van der Waals surface area contributed by atoms with Gasteiger partial charge in [0.15, 0.2) is 0 Å². The largest absolute Gasteiger partial charge is 0.507 e. The number of likely N-dealkylation sites (tertiary alicyclic amines) is 1. The first-order valence-electron chi connectivity index (χ1n) is 15.1. The molecule has 0 aliphatic carbocycles. The van der Waals surface area contributed by atoms with Crippen molar-refractivity contribution in [2.45, 2.75) is 39.2 Å². The number of para-hydroxylation sites is 1. The average Bonchev–Trinajstić information content (AvgIpc) is 3.28. The van der Waals surface area contributed by atoms with Crippen LogP contribution in [0.2, 0.25) is 0 Å². The predicted octanol–water partition coefficient (Wildman–Crippen LogP) is 6.11. The number of ether oxygens (including phenoxy) is 3. The molecule has 1 unspecified atom stereocenters. The van der Waals surface area contributed by atoms with E-state index in [1.165, 1.54) is 0 Å². The number of hydrogen-bond acceptors (Lipinski definition) is 7. The van der Waals surface area contributed by atoms with Gasteiger partial charge in [0.25, 0.3) is 11.7 Å². The molecule has 0 radical (unpaired) electrons. The van der Waals surface area contributed by atoms with Crippen LogP contribution in [0.4, 0.5) is 0 Å². The van der Waals surface area contributed by atoms with E-state index in [2.05, 4.69) is 11.8 Å². The van der Waals surface area contributed by atoms with Crippen molar-refractivity contribution in [1.82, 2.24) is 9.80 Å². The number of amides is 1. The molecule has 8 heteroatoms. The molecule has 0 bridgehead atoms. The van der Waals surface area contributed by atoms with Crippen molar-refractivity contribution >= 4 is 17.4 Å². The Morgan fingerprint density at radius 3 is 2.44 bits per heavy atom. The zero-order chi connectivity index (χ0) is 30.2. The third-order valence-electron chi connectivity index (χ3n) is 7.87. The number of rotatable bonds is 12. The summed E-state index contributed by atoms with van der Waals surface area (Å²) in [5, 5.41) is 11.6. The van der Waals surface area contributed by atoms with E-state index in [-0.39, 0.29) is 11.3 Å². The molecule has 1 atom stereocenters. The lowest BCUT2D eigenvalue weighted by Gasteiger charge is -2.29. The Balaban J connectivity index is 1.48. The summed E-state index contributed by atoms with van der Waals surface area (Å²) in [5.41, 5.74) is 2.08. The van der Waals surface area contributed by atoms with E-state index in [9.17, 15) is 14.7 Å². The number of aliphatic hydroxyl groups is 1. The summed E-state index contributed by atoms with van der Waals surface area (Å²) in [6, 6.07) is 21.4. The molecule has 3 aromatic rings. The molecule has 2 aliphatic rings. The second kappa shape index (κ2) is 14.4. The van der Waals surface area contributed by atoms with Crippen molar-refractivity contribution in [3.05, 3.63) is 95.1 Å². The molecule has 43 heavy (non-hydrogen) atoms. The van der Waals surface area contributed by atoms with E-state index in [1.54, 1.807) is 17.0 Å². The van der Waals surface area contributed by atoms with Crippen LogP contribution in [0.5, 0.6) is 17.2 Å². The summed E-state index contributed by atoms with van der Waals surface area (Å²) in [7, 11) is 0. The fourth-order valence-corrected chi connectivity index (χ4v) is 5.56. The molecular formula is C35H40N2O6. The summed E-state index contributed by atoms with van der Waals surface area (Å²) in [6.45, 7) is 8.86. The molecule has 3 aromatic carbocycles. The third-order valence-corrected chi connectivity index (χ3v) is 7.87. The summed E-state index contributed by atoms with van der Waals surface area (Å²) in [5.74, 6) is 0.485. The normalized spacial score (nSPS) is 18.7. The molecule has 1 N–H and O–H groups in total. The Hall–Kier alpha value is -4.14.